The molecule has 2 heterocycles. The van der Waals surface area contributed by atoms with Crippen molar-refractivity contribution in [2.24, 2.45) is 0 Å². The summed E-state index contributed by atoms with van der Waals surface area (Å²) in [6, 6.07) is 12.7. The summed E-state index contributed by atoms with van der Waals surface area (Å²) in [6.45, 7) is 5.08. The normalized spacial score (nSPS) is 22.1. The Hall–Kier alpha value is -2.19. The van der Waals surface area contributed by atoms with E-state index >= 15 is 0 Å². The summed E-state index contributed by atoms with van der Waals surface area (Å²) in [4.78, 5) is 17.0. The molecule has 2 atom stereocenters. The van der Waals surface area contributed by atoms with Gasteiger partial charge >= 0.3 is 6.18 Å². The van der Waals surface area contributed by atoms with Crippen LogP contribution in [0.3, 0.4) is 0 Å². The van der Waals surface area contributed by atoms with E-state index in [1.165, 1.54) is 31.4 Å². The van der Waals surface area contributed by atoms with Crippen LogP contribution in [0.15, 0.2) is 48.5 Å². The fourth-order valence-corrected chi connectivity index (χ4v) is 5.72. The predicted molar refractivity (Wildman–Crippen MR) is 124 cm³/mol. The second-order valence-electron chi connectivity index (χ2n) is 8.68. The van der Waals surface area contributed by atoms with E-state index < -0.39 is 11.7 Å². The van der Waals surface area contributed by atoms with Gasteiger partial charge in [0.15, 0.2) is 0 Å². The third-order valence-corrected chi connectivity index (χ3v) is 7.55. The zero-order valence-corrected chi connectivity index (χ0v) is 19.5. The minimum absolute atomic E-state index is 0.110. The quantitative estimate of drug-likeness (QED) is 0.465. The molecule has 178 valence electrons. The minimum atomic E-state index is -4.42. The van der Waals surface area contributed by atoms with Crippen molar-refractivity contribution in [2.45, 2.75) is 50.2 Å². The molecule has 8 heteroatoms. The number of ether oxygens (including phenoxy) is 1. The van der Waals surface area contributed by atoms with Crippen molar-refractivity contribution >= 4 is 17.7 Å². The number of hydrogen-bond acceptors (Lipinski definition) is 4. The van der Waals surface area contributed by atoms with Crippen LogP contribution in [0.4, 0.5) is 13.2 Å². The van der Waals surface area contributed by atoms with Crippen molar-refractivity contribution in [3.8, 4) is 11.5 Å². The van der Waals surface area contributed by atoms with Gasteiger partial charge < -0.3 is 14.5 Å². The monoisotopic (exact) mass is 478 g/mol. The highest BCUT2D eigenvalue weighted by molar-refractivity contribution is 8.00. The van der Waals surface area contributed by atoms with Gasteiger partial charge in [-0.3, -0.25) is 4.79 Å². The highest BCUT2D eigenvalue weighted by Gasteiger charge is 2.33. The van der Waals surface area contributed by atoms with E-state index in [9.17, 15) is 18.0 Å². The molecule has 0 aromatic heterocycles. The summed E-state index contributed by atoms with van der Waals surface area (Å²) in [7, 11) is 0. The molecule has 33 heavy (non-hydrogen) atoms. The molecule has 2 saturated heterocycles. The smallest absolute Gasteiger partial charge is 0.416 e. The van der Waals surface area contributed by atoms with Crippen molar-refractivity contribution in [3.63, 3.8) is 0 Å². The predicted octanol–water partition coefficient (Wildman–Crippen LogP) is 6.34. The topological polar surface area (TPSA) is 32.8 Å². The molecule has 1 amide bonds. The molecule has 2 aromatic rings. The van der Waals surface area contributed by atoms with Gasteiger partial charge in [-0.15, -0.1) is 11.8 Å². The number of amides is 1. The van der Waals surface area contributed by atoms with Crippen LogP contribution < -0.4 is 4.74 Å². The fraction of sp³-hybridized carbons (Fsp3) is 0.480. The Labute approximate surface area is 197 Å². The zero-order chi connectivity index (χ0) is 23.4. The maximum absolute atomic E-state index is 13.0. The number of piperidine rings is 1. The number of hydrogen-bond donors (Lipinski definition) is 0. The van der Waals surface area contributed by atoms with Gasteiger partial charge in [0.25, 0.3) is 0 Å². The first-order valence-corrected chi connectivity index (χ1v) is 12.5. The number of likely N-dealkylation sites (tertiary alicyclic amines) is 1. The Morgan fingerprint density at radius 1 is 1.06 bits per heavy atom. The molecule has 4 rings (SSSR count). The second-order valence-corrected chi connectivity index (χ2v) is 9.75. The van der Waals surface area contributed by atoms with Crippen LogP contribution in [0.25, 0.3) is 0 Å². The van der Waals surface area contributed by atoms with Crippen LogP contribution in [-0.4, -0.2) is 47.1 Å². The van der Waals surface area contributed by atoms with E-state index in [2.05, 4.69) is 11.8 Å². The molecule has 2 aliphatic rings. The van der Waals surface area contributed by atoms with Crippen LogP contribution in [0, 0.1) is 0 Å². The van der Waals surface area contributed by atoms with Gasteiger partial charge in [-0.05, 0) is 68.6 Å². The van der Waals surface area contributed by atoms with Gasteiger partial charge in [0.05, 0.1) is 11.3 Å². The molecule has 0 radical (unpaired) electrons. The van der Waals surface area contributed by atoms with E-state index in [0.717, 1.165) is 37.2 Å². The van der Waals surface area contributed by atoms with Crippen LogP contribution in [0.5, 0.6) is 11.5 Å². The summed E-state index contributed by atoms with van der Waals surface area (Å²) in [6.07, 6.45) is 0.270. The lowest BCUT2D eigenvalue weighted by Gasteiger charge is -2.34. The Morgan fingerprint density at radius 2 is 1.82 bits per heavy atom. The summed E-state index contributed by atoms with van der Waals surface area (Å²) >= 11 is 1.58. The average Bonchev–Trinajstić information content (AvgIpc) is 3.15. The van der Waals surface area contributed by atoms with Crippen molar-refractivity contribution in [1.29, 1.82) is 0 Å². The van der Waals surface area contributed by atoms with Gasteiger partial charge in [-0.1, -0.05) is 24.6 Å². The number of nitrogens with zero attached hydrogens (tertiary/aromatic N) is 2. The third-order valence-electron chi connectivity index (χ3n) is 6.29. The Kier molecular flexibility index (Phi) is 7.54. The molecule has 2 aliphatic heterocycles. The number of rotatable bonds is 7. The molecule has 2 fully saturated rings. The second kappa shape index (κ2) is 10.4. The van der Waals surface area contributed by atoms with E-state index in [4.69, 9.17) is 4.74 Å². The van der Waals surface area contributed by atoms with Crippen LogP contribution in [0.2, 0.25) is 0 Å². The third kappa shape index (κ3) is 6.03. The van der Waals surface area contributed by atoms with Crippen LogP contribution in [0.1, 0.15) is 49.1 Å². The Bertz CT molecular complexity index is 969. The first-order valence-electron chi connectivity index (χ1n) is 11.4. The summed E-state index contributed by atoms with van der Waals surface area (Å²) in [5.74, 6) is 1.14. The summed E-state index contributed by atoms with van der Waals surface area (Å²) in [5.41, 5.74) is 0.170. The summed E-state index contributed by atoms with van der Waals surface area (Å²) < 4.78 is 44.7. The zero-order valence-electron chi connectivity index (χ0n) is 18.7. The lowest BCUT2D eigenvalue weighted by Crippen LogP contribution is -2.39. The van der Waals surface area contributed by atoms with Gasteiger partial charge in [0.1, 0.15) is 16.9 Å². The fourth-order valence-electron chi connectivity index (χ4n) is 4.51. The van der Waals surface area contributed by atoms with Crippen molar-refractivity contribution in [3.05, 3.63) is 59.7 Å². The van der Waals surface area contributed by atoms with E-state index in [0.29, 0.717) is 24.1 Å². The number of thioether (sulfide) groups is 1. The molecule has 2 unspecified atom stereocenters. The molecule has 4 nitrogen and oxygen atoms in total. The standard InChI is InChI=1S/C25H29F3N2O2S/c1-18-7-2-3-12-29(18)13-6-14-30-23(31)17-33-24(30)19-8-4-10-21(15-19)32-22-11-5-9-20(16-22)25(26,27)28/h4-5,8-11,15-16,18,24H,2-3,6-7,12-14,17H2,1H3. The molecule has 0 spiro atoms. The molecule has 0 N–H and O–H groups in total. The maximum Gasteiger partial charge on any atom is 0.416 e. The lowest BCUT2D eigenvalue weighted by molar-refractivity contribution is -0.137. The lowest BCUT2D eigenvalue weighted by atomic mass is 10.0. The number of halogens is 3. The van der Waals surface area contributed by atoms with E-state index in [-0.39, 0.29) is 17.0 Å². The highest BCUT2D eigenvalue weighted by atomic mass is 32.2. The Morgan fingerprint density at radius 3 is 2.58 bits per heavy atom. The first-order chi connectivity index (χ1) is 15.8. The molecular formula is C25H29F3N2O2S. The van der Waals surface area contributed by atoms with Gasteiger partial charge in [0, 0.05) is 19.1 Å². The van der Waals surface area contributed by atoms with Crippen molar-refractivity contribution in [1.82, 2.24) is 9.80 Å². The minimum Gasteiger partial charge on any atom is -0.457 e. The largest absolute Gasteiger partial charge is 0.457 e. The first kappa shape index (κ1) is 24.0. The molecule has 0 aliphatic carbocycles. The van der Waals surface area contributed by atoms with Crippen LogP contribution in [-0.2, 0) is 11.0 Å². The number of carbonyl (C=O) groups is 1. The number of alkyl halides is 3. The van der Waals surface area contributed by atoms with Gasteiger partial charge in [0.2, 0.25) is 5.91 Å². The number of carbonyl (C=O) groups excluding carboxylic acids is 1. The SMILES string of the molecule is CC1CCCCN1CCCN1C(=O)CSC1c1cccc(Oc2cccc(C(F)(F)F)c2)c1. The maximum atomic E-state index is 13.0. The van der Waals surface area contributed by atoms with Crippen LogP contribution >= 0.6 is 11.8 Å². The van der Waals surface area contributed by atoms with E-state index in [1.54, 1.807) is 17.8 Å². The molecule has 2 aromatic carbocycles. The number of benzene rings is 2. The highest BCUT2D eigenvalue weighted by Crippen LogP contribution is 2.40. The summed E-state index contributed by atoms with van der Waals surface area (Å²) in [5, 5.41) is -0.110. The molecule has 0 bridgehead atoms. The van der Waals surface area contributed by atoms with Gasteiger partial charge in [-0.2, -0.15) is 13.2 Å². The molecule has 0 saturated carbocycles. The van der Waals surface area contributed by atoms with Crippen molar-refractivity contribution < 1.29 is 22.7 Å². The van der Waals surface area contributed by atoms with Gasteiger partial charge in [-0.25, -0.2) is 0 Å². The van der Waals surface area contributed by atoms with Crippen molar-refractivity contribution in [2.75, 3.05) is 25.4 Å². The molecular weight excluding hydrogens is 449 g/mol. The Balaban J connectivity index is 1.41. The van der Waals surface area contributed by atoms with E-state index in [1.807, 2.05) is 23.1 Å². The average molecular weight is 479 g/mol.